The summed E-state index contributed by atoms with van der Waals surface area (Å²) in [5.74, 6) is -1.30. The number of ether oxygens (including phenoxy) is 2. The molecule has 0 spiro atoms. The van der Waals surface area contributed by atoms with Gasteiger partial charge in [-0.3, -0.25) is 9.69 Å². The van der Waals surface area contributed by atoms with E-state index in [1.807, 2.05) is 9.80 Å². The number of nitrogens with zero attached hydrogens (tertiary/aromatic N) is 7. The minimum absolute atomic E-state index is 0.00375. The largest absolute Gasteiger partial charge is 0.462 e. The molecule has 2 saturated heterocycles. The molecule has 0 radical (unpaired) electrons. The molecule has 1 amide bonds. The van der Waals surface area contributed by atoms with E-state index in [-0.39, 0.29) is 43.9 Å². The Morgan fingerprint density at radius 2 is 2.05 bits per heavy atom. The topological polar surface area (TPSA) is 98.1 Å². The van der Waals surface area contributed by atoms with Crippen LogP contribution >= 0.6 is 11.6 Å². The number of rotatable bonds is 10. The molecule has 14 heteroatoms. The van der Waals surface area contributed by atoms with Crippen LogP contribution in [-0.2, 0) is 24.4 Å². The Labute approximate surface area is 253 Å². The lowest BCUT2D eigenvalue weighted by Gasteiger charge is -2.41. The van der Waals surface area contributed by atoms with Crippen molar-refractivity contribution in [2.24, 2.45) is 0 Å². The summed E-state index contributed by atoms with van der Waals surface area (Å²) in [6.45, 7) is 3.30. The third kappa shape index (κ3) is 6.98. The molecule has 10 nitrogen and oxygen atoms in total. The molecule has 43 heavy (non-hydrogen) atoms. The van der Waals surface area contributed by atoms with E-state index in [9.17, 15) is 23.2 Å². The normalized spacial score (nSPS) is 20.8. The number of benzene rings is 1. The van der Waals surface area contributed by atoms with E-state index in [0.29, 0.717) is 42.6 Å². The molecule has 230 valence electrons. The van der Waals surface area contributed by atoms with Gasteiger partial charge in [0.1, 0.15) is 18.2 Å². The minimum atomic E-state index is -2.99. The van der Waals surface area contributed by atoms with Crippen LogP contribution in [0.5, 0.6) is 11.8 Å². The highest BCUT2D eigenvalue weighted by atomic mass is 35.5. The summed E-state index contributed by atoms with van der Waals surface area (Å²) in [5, 5.41) is 9.74. The van der Waals surface area contributed by atoms with Crippen molar-refractivity contribution in [2.75, 3.05) is 44.7 Å². The highest BCUT2D eigenvalue weighted by Crippen LogP contribution is 2.36. The molecule has 3 aliphatic rings. The number of alkyl halides is 2. The molecule has 1 aromatic heterocycles. The Kier molecular flexibility index (Phi) is 9.59. The van der Waals surface area contributed by atoms with E-state index >= 15 is 0 Å². The van der Waals surface area contributed by atoms with Gasteiger partial charge in [-0.15, -0.1) is 0 Å². The average molecular weight is 620 g/mol. The second-order valence-electron chi connectivity index (χ2n) is 10.9. The maximum atomic E-state index is 13.7. The molecule has 3 aliphatic heterocycles. The zero-order valence-electron chi connectivity index (χ0n) is 23.8. The number of amides is 1. The lowest BCUT2D eigenvalue weighted by atomic mass is 10.1. The number of aromatic nitrogens is 2. The smallest absolute Gasteiger partial charge is 0.387 e. The second-order valence-corrected chi connectivity index (χ2v) is 11.4. The molecular weight excluding hydrogens is 587 g/mol. The van der Waals surface area contributed by atoms with Crippen LogP contribution in [-0.4, -0.2) is 89.1 Å². The van der Waals surface area contributed by atoms with Crippen molar-refractivity contribution in [2.45, 2.75) is 57.6 Å². The van der Waals surface area contributed by atoms with Crippen LogP contribution in [0.4, 0.5) is 19.0 Å². The van der Waals surface area contributed by atoms with Crippen molar-refractivity contribution in [1.82, 2.24) is 24.7 Å². The molecule has 0 bridgehead atoms. The third-order valence-electron chi connectivity index (χ3n) is 8.16. The Hall–Kier alpha value is -3.60. The number of halogens is 4. The van der Waals surface area contributed by atoms with Crippen molar-refractivity contribution < 1.29 is 27.4 Å². The van der Waals surface area contributed by atoms with Crippen LogP contribution in [0.25, 0.3) is 0 Å². The first-order valence-corrected chi connectivity index (χ1v) is 14.5. The van der Waals surface area contributed by atoms with Crippen LogP contribution in [0.3, 0.4) is 0 Å². The molecule has 0 saturated carbocycles. The van der Waals surface area contributed by atoms with Crippen molar-refractivity contribution in [3.05, 3.63) is 52.4 Å². The van der Waals surface area contributed by atoms with E-state index < -0.39 is 24.4 Å². The van der Waals surface area contributed by atoms with Gasteiger partial charge in [-0.25, -0.2) is 4.39 Å². The zero-order chi connectivity index (χ0) is 30.7. The van der Waals surface area contributed by atoms with Gasteiger partial charge in [0.25, 0.3) is 5.91 Å². The Morgan fingerprint density at radius 1 is 1.23 bits per heavy atom. The summed E-state index contributed by atoms with van der Waals surface area (Å²) >= 11 is 6.40. The number of likely N-dealkylation sites (N-methyl/N-ethyl adjacent to an activating group) is 1. The molecule has 0 aliphatic carbocycles. The first-order chi connectivity index (χ1) is 20.6. The van der Waals surface area contributed by atoms with Crippen LogP contribution in [0.15, 0.2) is 30.6 Å². The monoisotopic (exact) mass is 619 g/mol. The predicted octanol–water partition coefficient (Wildman–Crippen LogP) is 4.13. The van der Waals surface area contributed by atoms with Gasteiger partial charge in [-0.05, 0) is 38.6 Å². The Morgan fingerprint density at radius 3 is 2.74 bits per heavy atom. The standard InChI is InChI=1S/C29H33ClF3N7O3/c1-18(31)27(41)40-12-11-39(13-19(40)8-9-34)26-22-15-38(14-21-23(30)6-3-7-25(21)43-28(32)33)16-24(22)35-29(36-26)42-17-20-5-4-10-37(20)2/h3,6-7,19-20,28H,1,4-5,8,10-17H2,2H3/t19-,20-/m0/s1. The summed E-state index contributed by atoms with van der Waals surface area (Å²) in [6.07, 6.45) is 2.10. The molecule has 5 rings (SSSR count). The number of hydrogen-bond acceptors (Lipinski definition) is 9. The van der Waals surface area contributed by atoms with E-state index in [4.69, 9.17) is 31.0 Å². The van der Waals surface area contributed by atoms with Gasteiger partial charge >= 0.3 is 12.6 Å². The van der Waals surface area contributed by atoms with Gasteiger partial charge in [0, 0.05) is 61.5 Å². The fourth-order valence-electron chi connectivity index (χ4n) is 5.95. The second kappa shape index (κ2) is 13.4. The van der Waals surface area contributed by atoms with Crippen LogP contribution in [0, 0.1) is 11.3 Å². The number of piperazine rings is 1. The summed E-state index contributed by atoms with van der Waals surface area (Å²) in [6, 6.07) is 6.60. The molecule has 1 aromatic carbocycles. The number of likely N-dealkylation sites (tertiary alicyclic amines) is 1. The van der Waals surface area contributed by atoms with Gasteiger partial charge in [0.2, 0.25) is 0 Å². The van der Waals surface area contributed by atoms with Crippen LogP contribution in [0.2, 0.25) is 5.02 Å². The molecule has 2 fully saturated rings. The number of nitriles is 1. The van der Waals surface area contributed by atoms with Crippen molar-refractivity contribution in [3.8, 4) is 17.8 Å². The van der Waals surface area contributed by atoms with Gasteiger partial charge in [0.05, 0.1) is 24.2 Å². The van der Waals surface area contributed by atoms with Gasteiger partial charge in [-0.1, -0.05) is 24.2 Å². The lowest BCUT2D eigenvalue weighted by Crippen LogP contribution is -2.55. The number of carbonyl (C=O) groups excluding carboxylic acids is 1. The molecule has 4 heterocycles. The fourth-order valence-corrected chi connectivity index (χ4v) is 6.18. The third-order valence-corrected chi connectivity index (χ3v) is 8.51. The van der Waals surface area contributed by atoms with E-state index in [1.54, 1.807) is 12.1 Å². The highest BCUT2D eigenvalue weighted by molar-refractivity contribution is 6.31. The van der Waals surface area contributed by atoms with Gasteiger partial charge in [0.15, 0.2) is 5.83 Å². The molecule has 0 N–H and O–H groups in total. The summed E-state index contributed by atoms with van der Waals surface area (Å²) in [4.78, 5) is 29.5. The summed E-state index contributed by atoms with van der Waals surface area (Å²) < 4.78 is 50.8. The number of fused-ring (bicyclic) bond motifs is 1. The Balaban J connectivity index is 1.42. The predicted molar refractivity (Wildman–Crippen MR) is 152 cm³/mol. The maximum absolute atomic E-state index is 13.7. The van der Waals surface area contributed by atoms with Crippen molar-refractivity contribution >= 4 is 23.3 Å². The van der Waals surface area contributed by atoms with Crippen LogP contribution in [0.1, 0.15) is 36.1 Å². The number of anilines is 1. The van der Waals surface area contributed by atoms with Crippen LogP contribution < -0.4 is 14.4 Å². The quantitative estimate of drug-likeness (QED) is 0.364. The van der Waals surface area contributed by atoms with Crippen molar-refractivity contribution in [1.29, 1.82) is 5.26 Å². The molecule has 2 atom stereocenters. The van der Waals surface area contributed by atoms with E-state index in [2.05, 4.69) is 24.6 Å². The number of hydrogen-bond donors (Lipinski definition) is 0. The average Bonchev–Trinajstić information content (AvgIpc) is 3.57. The first kappa shape index (κ1) is 30.8. The van der Waals surface area contributed by atoms with E-state index in [0.717, 1.165) is 30.6 Å². The lowest BCUT2D eigenvalue weighted by molar-refractivity contribution is -0.131. The fraction of sp³-hybridized carbons (Fsp3) is 0.517. The van der Waals surface area contributed by atoms with E-state index in [1.165, 1.54) is 11.0 Å². The SMILES string of the molecule is C=C(F)C(=O)N1CCN(c2nc(OC[C@@H]3CCCN3C)nc3c2CN(Cc2c(Cl)cccc2OC(F)F)C3)C[C@@H]1CC#N. The summed E-state index contributed by atoms with van der Waals surface area (Å²) in [5.41, 5.74) is 1.97. The summed E-state index contributed by atoms with van der Waals surface area (Å²) in [7, 11) is 2.05. The van der Waals surface area contributed by atoms with Gasteiger partial charge in [-0.2, -0.15) is 24.0 Å². The first-order valence-electron chi connectivity index (χ1n) is 14.1. The molecule has 0 unspecified atom stereocenters. The molecule has 2 aromatic rings. The number of carbonyl (C=O) groups is 1. The Bertz CT molecular complexity index is 1410. The van der Waals surface area contributed by atoms with Gasteiger partial charge < -0.3 is 24.2 Å². The highest BCUT2D eigenvalue weighted by Gasteiger charge is 2.36. The maximum Gasteiger partial charge on any atom is 0.387 e. The minimum Gasteiger partial charge on any atom is -0.462 e. The zero-order valence-corrected chi connectivity index (χ0v) is 24.6. The van der Waals surface area contributed by atoms with Crippen molar-refractivity contribution in [3.63, 3.8) is 0 Å². The molecular formula is C29H33ClF3N7O3.